The van der Waals surface area contributed by atoms with E-state index in [0.717, 1.165) is 5.56 Å². The largest absolute Gasteiger partial charge is 0.282 e. The van der Waals surface area contributed by atoms with Crippen LogP contribution in [0.15, 0.2) is 12.5 Å². The van der Waals surface area contributed by atoms with Gasteiger partial charge in [-0.25, -0.2) is 9.97 Å². The summed E-state index contributed by atoms with van der Waals surface area (Å²) in [6.45, 7) is 1.88. The summed E-state index contributed by atoms with van der Waals surface area (Å²) >= 11 is 5.29. The summed E-state index contributed by atoms with van der Waals surface area (Å²) < 4.78 is 0. The van der Waals surface area contributed by atoms with E-state index < -0.39 is 0 Å². The summed E-state index contributed by atoms with van der Waals surface area (Å²) in [5.41, 5.74) is 0.938. The maximum Gasteiger partial charge on any atom is 0.146 e. The molecule has 4 heteroatoms. The average Bonchev–Trinajstić information content (AvgIpc) is 1.89. The van der Waals surface area contributed by atoms with Crippen LogP contribution in [0.4, 0.5) is 5.82 Å². The molecule has 1 N–H and O–H groups in total. The predicted octanol–water partition coefficient (Wildman–Crippen LogP) is 1.35. The Morgan fingerprint density at radius 2 is 2.44 bits per heavy atom. The van der Waals surface area contributed by atoms with E-state index in [1.54, 1.807) is 6.20 Å². The van der Waals surface area contributed by atoms with E-state index in [4.69, 9.17) is 11.8 Å². The molecule has 0 saturated heterocycles. The minimum atomic E-state index is 0.659. The van der Waals surface area contributed by atoms with Crippen LogP contribution in [0.3, 0.4) is 0 Å². The van der Waals surface area contributed by atoms with E-state index in [2.05, 4.69) is 14.8 Å². The van der Waals surface area contributed by atoms with Gasteiger partial charge in [-0.05, 0) is 6.92 Å². The standard InChI is InChI=1S/C5H6ClN3/c1-4-2-7-3-8-5(4)9-6/h2-3H,1H3,(H,7,8,9). The zero-order valence-electron chi connectivity index (χ0n) is 4.93. The molecule has 0 radical (unpaired) electrons. The molecule has 0 saturated carbocycles. The first kappa shape index (κ1) is 6.29. The molecule has 1 aromatic heterocycles. The van der Waals surface area contributed by atoms with Crippen molar-refractivity contribution in [3.8, 4) is 0 Å². The Hall–Kier alpha value is -0.830. The number of aromatic nitrogens is 2. The molecule has 0 fully saturated rings. The number of nitrogens with one attached hydrogen (secondary N) is 1. The number of hydrogen-bond donors (Lipinski definition) is 1. The van der Waals surface area contributed by atoms with Crippen LogP contribution in [0, 0.1) is 6.92 Å². The summed E-state index contributed by atoms with van der Waals surface area (Å²) in [5.74, 6) is 0.659. The minimum Gasteiger partial charge on any atom is -0.282 e. The average molecular weight is 144 g/mol. The first-order valence-corrected chi connectivity index (χ1v) is 2.85. The summed E-state index contributed by atoms with van der Waals surface area (Å²) in [5, 5.41) is 0. The third kappa shape index (κ3) is 1.29. The number of aryl methyl sites for hydroxylation is 1. The number of rotatable bonds is 1. The molecule has 0 spiro atoms. The molecular weight excluding hydrogens is 138 g/mol. The first-order chi connectivity index (χ1) is 4.34. The molecule has 0 bridgehead atoms. The van der Waals surface area contributed by atoms with Crippen molar-refractivity contribution in [1.82, 2.24) is 9.97 Å². The molecule has 0 aliphatic rings. The molecule has 0 aromatic carbocycles. The van der Waals surface area contributed by atoms with Gasteiger partial charge in [0, 0.05) is 23.5 Å². The Bertz CT molecular complexity index is 201. The summed E-state index contributed by atoms with van der Waals surface area (Å²) in [7, 11) is 0. The fourth-order valence-corrected chi connectivity index (χ4v) is 0.696. The third-order valence-electron chi connectivity index (χ3n) is 0.985. The van der Waals surface area contributed by atoms with Gasteiger partial charge in [-0.3, -0.25) is 4.84 Å². The van der Waals surface area contributed by atoms with Gasteiger partial charge in [0.15, 0.2) is 0 Å². The van der Waals surface area contributed by atoms with Gasteiger partial charge in [0.2, 0.25) is 0 Å². The van der Waals surface area contributed by atoms with Crippen molar-refractivity contribution in [2.75, 3.05) is 4.84 Å². The van der Waals surface area contributed by atoms with Crippen LogP contribution >= 0.6 is 11.8 Å². The van der Waals surface area contributed by atoms with Gasteiger partial charge in [-0.15, -0.1) is 0 Å². The second-order valence-electron chi connectivity index (χ2n) is 1.65. The molecule has 1 rings (SSSR count). The van der Waals surface area contributed by atoms with Crippen LogP contribution in [0.2, 0.25) is 0 Å². The van der Waals surface area contributed by atoms with Crippen molar-refractivity contribution < 1.29 is 0 Å². The highest BCUT2D eigenvalue weighted by Gasteiger charge is 1.92. The highest BCUT2D eigenvalue weighted by Crippen LogP contribution is 2.07. The lowest BCUT2D eigenvalue weighted by Crippen LogP contribution is -1.89. The second kappa shape index (κ2) is 2.64. The van der Waals surface area contributed by atoms with Gasteiger partial charge in [-0.2, -0.15) is 0 Å². The molecule has 1 heterocycles. The SMILES string of the molecule is Cc1cncnc1NCl. The van der Waals surface area contributed by atoms with E-state index >= 15 is 0 Å². The Kier molecular flexibility index (Phi) is 1.85. The first-order valence-electron chi connectivity index (χ1n) is 2.48. The minimum absolute atomic E-state index is 0.659. The lowest BCUT2D eigenvalue weighted by Gasteiger charge is -1.96. The lowest BCUT2D eigenvalue weighted by atomic mass is 10.4. The second-order valence-corrected chi connectivity index (χ2v) is 1.84. The Morgan fingerprint density at radius 1 is 1.67 bits per heavy atom. The fourth-order valence-electron chi connectivity index (χ4n) is 0.498. The normalized spacial score (nSPS) is 9.11. The van der Waals surface area contributed by atoms with Crippen molar-refractivity contribution in [2.24, 2.45) is 0 Å². The van der Waals surface area contributed by atoms with E-state index in [1.165, 1.54) is 6.33 Å². The quantitative estimate of drug-likeness (QED) is 0.603. The Morgan fingerprint density at radius 3 is 2.89 bits per heavy atom. The highest BCUT2D eigenvalue weighted by atomic mass is 35.5. The van der Waals surface area contributed by atoms with Gasteiger partial charge < -0.3 is 0 Å². The van der Waals surface area contributed by atoms with Crippen LogP contribution in [0.25, 0.3) is 0 Å². The lowest BCUT2D eigenvalue weighted by molar-refractivity contribution is 1.14. The zero-order valence-corrected chi connectivity index (χ0v) is 5.68. The smallest absolute Gasteiger partial charge is 0.146 e. The van der Waals surface area contributed by atoms with Gasteiger partial charge in [0.05, 0.1) is 0 Å². The molecule has 3 nitrogen and oxygen atoms in total. The van der Waals surface area contributed by atoms with Crippen LogP contribution in [-0.4, -0.2) is 9.97 Å². The molecule has 0 aliphatic heterocycles. The third-order valence-corrected chi connectivity index (χ3v) is 1.16. The van der Waals surface area contributed by atoms with Gasteiger partial charge in [0.25, 0.3) is 0 Å². The van der Waals surface area contributed by atoms with Gasteiger partial charge in [0.1, 0.15) is 12.1 Å². The van der Waals surface area contributed by atoms with Gasteiger partial charge >= 0.3 is 0 Å². The van der Waals surface area contributed by atoms with Crippen LogP contribution < -0.4 is 4.84 Å². The monoisotopic (exact) mass is 143 g/mol. The molecule has 0 unspecified atom stereocenters. The maximum absolute atomic E-state index is 5.29. The van der Waals surface area contributed by atoms with E-state index in [0.29, 0.717) is 5.82 Å². The van der Waals surface area contributed by atoms with Crippen LogP contribution in [0.5, 0.6) is 0 Å². The molecule has 48 valence electrons. The topological polar surface area (TPSA) is 37.8 Å². The number of hydrogen-bond acceptors (Lipinski definition) is 3. The number of anilines is 1. The van der Waals surface area contributed by atoms with Gasteiger partial charge in [-0.1, -0.05) is 0 Å². The predicted molar refractivity (Wildman–Crippen MR) is 36.2 cm³/mol. The Labute approximate surface area is 58.2 Å². The zero-order chi connectivity index (χ0) is 6.69. The summed E-state index contributed by atoms with van der Waals surface area (Å²) in [4.78, 5) is 10.0. The number of nitrogens with zero attached hydrogens (tertiary/aromatic N) is 2. The van der Waals surface area contributed by atoms with E-state index in [1.807, 2.05) is 6.92 Å². The fraction of sp³-hybridized carbons (Fsp3) is 0.200. The van der Waals surface area contributed by atoms with E-state index in [9.17, 15) is 0 Å². The maximum atomic E-state index is 5.29. The molecule has 9 heavy (non-hydrogen) atoms. The van der Waals surface area contributed by atoms with Crippen molar-refractivity contribution in [3.63, 3.8) is 0 Å². The molecule has 0 aliphatic carbocycles. The van der Waals surface area contributed by atoms with Crippen molar-refractivity contribution in [3.05, 3.63) is 18.1 Å². The molecule has 0 amide bonds. The highest BCUT2D eigenvalue weighted by molar-refractivity contribution is 6.23. The number of halogens is 1. The van der Waals surface area contributed by atoms with E-state index in [-0.39, 0.29) is 0 Å². The van der Waals surface area contributed by atoms with Crippen LogP contribution in [-0.2, 0) is 0 Å². The molecule has 0 atom stereocenters. The van der Waals surface area contributed by atoms with Crippen LogP contribution in [0.1, 0.15) is 5.56 Å². The summed E-state index contributed by atoms with van der Waals surface area (Å²) in [6, 6.07) is 0. The molecular formula is C5H6ClN3. The van der Waals surface area contributed by atoms with Crippen molar-refractivity contribution >= 4 is 17.6 Å². The van der Waals surface area contributed by atoms with Crippen molar-refractivity contribution in [2.45, 2.75) is 6.92 Å². The molecule has 1 aromatic rings. The van der Waals surface area contributed by atoms with Crippen molar-refractivity contribution in [1.29, 1.82) is 0 Å². The Balaban J connectivity index is 3.01. The summed E-state index contributed by atoms with van der Waals surface area (Å²) in [6.07, 6.45) is 3.13.